The van der Waals surface area contributed by atoms with Crippen molar-refractivity contribution < 1.29 is 17.9 Å². The summed E-state index contributed by atoms with van der Waals surface area (Å²) in [5.74, 6) is -1.08. The van der Waals surface area contributed by atoms with Crippen molar-refractivity contribution in [1.82, 2.24) is 0 Å². The van der Waals surface area contributed by atoms with Crippen molar-refractivity contribution in [2.75, 3.05) is 6.61 Å². The van der Waals surface area contributed by atoms with Crippen LogP contribution >= 0.6 is 0 Å². The molecule has 4 rings (SSSR count). The van der Waals surface area contributed by atoms with Gasteiger partial charge in [0.15, 0.2) is 11.6 Å². The summed E-state index contributed by atoms with van der Waals surface area (Å²) in [6.45, 7) is 4.21. The summed E-state index contributed by atoms with van der Waals surface area (Å²) >= 11 is 0. The van der Waals surface area contributed by atoms with Gasteiger partial charge >= 0.3 is 0 Å². The Balaban J connectivity index is 1.51. The van der Waals surface area contributed by atoms with Crippen LogP contribution in [0.15, 0.2) is 54.6 Å². The summed E-state index contributed by atoms with van der Waals surface area (Å²) in [7, 11) is 0. The summed E-state index contributed by atoms with van der Waals surface area (Å²) in [6.07, 6.45) is 6.97. The van der Waals surface area contributed by atoms with E-state index in [1.807, 2.05) is 24.3 Å². The van der Waals surface area contributed by atoms with Gasteiger partial charge < -0.3 is 4.74 Å². The lowest BCUT2D eigenvalue weighted by Crippen LogP contribution is -2.14. The first-order valence-electron chi connectivity index (χ1n) is 12.0. The Morgan fingerprint density at radius 1 is 0.758 bits per heavy atom. The first-order chi connectivity index (χ1) is 16.0. The molecule has 0 spiro atoms. The zero-order valence-electron chi connectivity index (χ0n) is 19.3. The maximum Gasteiger partial charge on any atom is 0.201 e. The number of hydrogen-bond acceptors (Lipinski definition) is 1. The van der Waals surface area contributed by atoms with E-state index in [0.29, 0.717) is 11.5 Å². The second-order valence-corrected chi connectivity index (χ2v) is 8.99. The monoisotopic (exact) mass is 452 g/mol. The topological polar surface area (TPSA) is 9.23 Å². The van der Waals surface area contributed by atoms with Gasteiger partial charge in [-0.15, -0.1) is 0 Å². The van der Waals surface area contributed by atoms with E-state index >= 15 is 4.39 Å². The maximum absolute atomic E-state index is 15.0. The zero-order chi connectivity index (χ0) is 23.4. The number of ether oxygens (including phenoxy) is 1. The van der Waals surface area contributed by atoms with E-state index in [2.05, 4.69) is 6.92 Å². The third kappa shape index (κ3) is 5.10. The van der Waals surface area contributed by atoms with Gasteiger partial charge in [0.25, 0.3) is 0 Å². The molecule has 0 bridgehead atoms. The van der Waals surface area contributed by atoms with Crippen molar-refractivity contribution in [3.8, 4) is 28.0 Å². The average molecular weight is 453 g/mol. The molecule has 33 heavy (non-hydrogen) atoms. The highest BCUT2D eigenvalue weighted by Crippen LogP contribution is 2.39. The lowest BCUT2D eigenvalue weighted by atomic mass is 9.77. The van der Waals surface area contributed by atoms with Crippen molar-refractivity contribution in [3.63, 3.8) is 0 Å². The summed E-state index contributed by atoms with van der Waals surface area (Å²) in [4.78, 5) is 0. The minimum Gasteiger partial charge on any atom is -0.491 e. The molecule has 3 aromatic carbocycles. The van der Waals surface area contributed by atoms with Gasteiger partial charge in [0.2, 0.25) is 5.82 Å². The van der Waals surface area contributed by atoms with Crippen LogP contribution in [0.4, 0.5) is 13.2 Å². The molecule has 0 aliphatic heterocycles. The molecular weight excluding hydrogens is 421 g/mol. The maximum atomic E-state index is 15.0. The highest BCUT2D eigenvalue weighted by molar-refractivity contribution is 5.71. The Hall–Kier alpha value is -2.75. The largest absolute Gasteiger partial charge is 0.491 e. The van der Waals surface area contributed by atoms with Crippen molar-refractivity contribution in [1.29, 1.82) is 0 Å². The molecule has 3 aromatic rings. The van der Waals surface area contributed by atoms with Gasteiger partial charge in [0.1, 0.15) is 5.82 Å². The van der Waals surface area contributed by atoms with Crippen LogP contribution in [-0.2, 0) is 0 Å². The van der Waals surface area contributed by atoms with Crippen molar-refractivity contribution in [2.24, 2.45) is 5.92 Å². The molecule has 1 aliphatic rings. The Bertz CT molecular complexity index is 1080. The van der Waals surface area contributed by atoms with Crippen LogP contribution in [0.2, 0.25) is 0 Å². The van der Waals surface area contributed by atoms with E-state index in [4.69, 9.17) is 4.74 Å². The number of rotatable bonds is 7. The van der Waals surface area contributed by atoms with E-state index in [-0.39, 0.29) is 23.7 Å². The summed E-state index contributed by atoms with van der Waals surface area (Å²) in [5.41, 5.74) is 3.16. The molecular formula is C29H31F3O. The Morgan fingerprint density at radius 2 is 1.42 bits per heavy atom. The molecule has 0 heterocycles. The molecule has 0 saturated heterocycles. The molecule has 0 atom stereocenters. The minimum atomic E-state index is -0.986. The number of halogens is 3. The third-order valence-corrected chi connectivity index (χ3v) is 6.86. The molecule has 1 fully saturated rings. The first-order valence-corrected chi connectivity index (χ1v) is 12.0. The standard InChI is InChI=1S/C29H31F3O/c1-3-5-19-6-8-21(9-7-19)24-15-14-23(18-26(24)30)20-10-12-22(13-11-20)25-16-17-27(33-4-2)29(32)28(25)31/h10-19,21H,3-9H2,1-2H3. The highest BCUT2D eigenvalue weighted by Gasteiger charge is 2.24. The normalized spacial score (nSPS) is 18.3. The molecule has 1 saturated carbocycles. The van der Waals surface area contributed by atoms with E-state index in [0.717, 1.165) is 35.4 Å². The zero-order valence-corrected chi connectivity index (χ0v) is 19.3. The Labute approximate surface area is 194 Å². The van der Waals surface area contributed by atoms with Crippen LogP contribution in [0.3, 0.4) is 0 Å². The summed E-state index contributed by atoms with van der Waals surface area (Å²) in [6, 6.07) is 15.5. The Morgan fingerprint density at radius 3 is 2.06 bits per heavy atom. The molecule has 0 aromatic heterocycles. The van der Waals surface area contributed by atoms with Gasteiger partial charge in [-0.1, -0.05) is 56.2 Å². The molecule has 174 valence electrons. The molecule has 0 amide bonds. The second kappa shape index (κ2) is 10.5. The van der Waals surface area contributed by atoms with Crippen LogP contribution in [0, 0.1) is 23.4 Å². The molecule has 1 aliphatic carbocycles. The van der Waals surface area contributed by atoms with E-state index in [9.17, 15) is 8.78 Å². The van der Waals surface area contributed by atoms with Gasteiger partial charge in [-0.05, 0) is 84.9 Å². The summed E-state index contributed by atoms with van der Waals surface area (Å²) < 4.78 is 48.9. The van der Waals surface area contributed by atoms with E-state index in [1.54, 1.807) is 25.1 Å². The second-order valence-electron chi connectivity index (χ2n) is 8.99. The molecule has 0 unspecified atom stereocenters. The van der Waals surface area contributed by atoms with E-state index < -0.39 is 11.6 Å². The first kappa shape index (κ1) is 23.4. The molecule has 0 radical (unpaired) electrons. The van der Waals surface area contributed by atoms with Gasteiger partial charge in [-0.3, -0.25) is 0 Å². The number of benzene rings is 3. The highest BCUT2D eigenvalue weighted by atomic mass is 19.2. The minimum absolute atomic E-state index is 0.0928. The molecule has 1 nitrogen and oxygen atoms in total. The summed E-state index contributed by atoms with van der Waals surface area (Å²) in [5, 5.41) is 0. The lowest BCUT2D eigenvalue weighted by Gasteiger charge is -2.29. The third-order valence-electron chi connectivity index (χ3n) is 6.86. The van der Waals surface area contributed by atoms with Crippen LogP contribution in [0.25, 0.3) is 22.3 Å². The fraction of sp³-hybridized carbons (Fsp3) is 0.379. The molecule has 0 N–H and O–H groups in total. The fourth-order valence-corrected chi connectivity index (χ4v) is 5.07. The van der Waals surface area contributed by atoms with Crippen LogP contribution < -0.4 is 4.74 Å². The van der Waals surface area contributed by atoms with E-state index in [1.165, 1.54) is 37.8 Å². The predicted octanol–water partition coefficient (Wildman–Crippen LogP) is 8.91. The fourth-order valence-electron chi connectivity index (χ4n) is 5.07. The van der Waals surface area contributed by atoms with Crippen LogP contribution in [0.1, 0.15) is 63.9 Å². The molecule has 4 heteroatoms. The van der Waals surface area contributed by atoms with Crippen LogP contribution in [0.5, 0.6) is 5.75 Å². The van der Waals surface area contributed by atoms with Crippen LogP contribution in [-0.4, -0.2) is 6.61 Å². The van der Waals surface area contributed by atoms with Gasteiger partial charge in [-0.2, -0.15) is 4.39 Å². The predicted molar refractivity (Wildman–Crippen MR) is 128 cm³/mol. The number of hydrogen-bond donors (Lipinski definition) is 0. The Kier molecular flexibility index (Phi) is 7.42. The quantitative estimate of drug-likeness (QED) is 0.348. The van der Waals surface area contributed by atoms with Crippen molar-refractivity contribution >= 4 is 0 Å². The van der Waals surface area contributed by atoms with Gasteiger partial charge in [0.05, 0.1) is 6.61 Å². The van der Waals surface area contributed by atoms with Crippen molar-refractivity contribution in [3.05, 3.63) is 77.6 Å². The average Bonchev–Trinajstić information content (AvgIpc) is 2.83. The SMILES string of the molecule is CCCC1CCC(c2ccc(-c3ccc(-c4ccc(OCC)c(F)c4F)cc3)cc2F)CC1. The smallest absolute Gasteiger partial charge is 0.201 e. The van der Waals surface area contributed by atoms with Gasteiger partial charge in [-0.25, -0.2) is 8.78 Å². The van der Waals surface area contributed by atoms with Gasteiger partial charge in [0, 0.05) is 5.56 Å². The van der Waals surface area contributed by atoms with Crippen molar-refractivity contribution in [2.45, 2.75) is 58.3 Å². The lowest BCUT2D eigenvalue weighted by molar-refractivity contribution is 0.304.